The molecule has 0 saturated heterocycles. The number of carbonyl (C=O) groups excluding carboxylic acids is 1. The van der Waals surface area contributed by atoms with E-state index < -0.39 is 9.84 Å². The topological polar surface area (TPSA) is 69.0 Å². The lowest BCUT2D eigenvalue weighted by atomic mass is 10.1. The fourth-order valence-electron chi connectivity index (χ4n) is 1.37. The highest BCUT2D eigenvalue weighted by atomic mass is 32.2. The highest BCUT2D eigenvalue weighted by Crippen LogP contribution is 2.15. The van der Waals surface area contributed by atoms with Crippen LogP contribution in [-0.4, -0.2) is 36.5 Å². The molecule has 0 unspecified atom stereocenters. The molecular formula is C10H16N2O3S. The Morgan fingerprint density at radius 3 is 2.50 bits per heavy atom. The fraction of sp³-hybridized carbons (Fsp3) is 0.600. The number of hydrogen-bond acceptors (Lipinski definition) is 4. The molecule has 1 aromatic rings. The van der Waals surface area contributed by atoms with Crippen LogP contribution in [0.25, 0.3) is 0 Å². The number of nitrogens with zero attached hydrogens (tertiary/aromatic N) is 2. The van der Waals surface area contributed by atoms with Crippen molar-refractivity contribution in [3.8, 4) is 0 Å². The maximum atomic E-state index is 11.0. The van der Waals surface area contributed by atoms with E-state index >= 15 is 0 Å². The smallest absolute Gasteiger partial charge is 0.153 e. The molecule has 6 heteroatoms. The summed E-state index contributed by atoms with van der Waals surface area (Å²) in [6.07, 6.45) is 3.52. The van der Waals surface area contributed by atoms with Crippen LogP contribution < -0.4 is 0 Å². The average molecular weight is 244 g/mol. The van der Waals surface area contributed by atoms with E-state index in [2.05, 4.69) is 5.10 Å². The Bertz CT molecular complexity index is 474. The molecule has 0 N–H and O–H groups in total. The maximum absolute atomic E-state index is 11.0. The van der Waals surface area contributed by atoms with Gasteiger partial charge in [-0.25, -0.2) is 8.42 Å². The van der Waals surface area contributed by atoms with Crippen LogP contribution in [0, 0.1) is 0 Å². The van der Waals surface area contributed by atoms with Crippen LogP contribution in [0.15, 0.2) is 6.20 Å². The van der Waals surface area contributed by atoms with Crippen LogP contribution in [0.3, 0.4) is 0 Å². The van der Waals surface area contributed by atoms with Gasteiger partial charge < -0.3 is 0 Å². The molecule has 16 heavy (non-hydrogen) atoms. The number of aldehydes is 1. The predicted octanol–water partition coefficient (Wildman–Crippen LogP) is 0.864. The third-order valence-corrected chi connectivity index (χ3v) is 3.11. The van der Waals surface area contributed by atoms with Gasteiger partial charge in [-0.15, -0.1) is 0 Å². The normalized spacial score (nSPS) is 12.0. The van der Waals surface area contributed by atoms with E-state index in [4.69, 9.17) is 0 Å². The first-order valence-corrected chi connectivity index (χ1v) is 7.10. The molecule has 1 rings (SSSR count). The van der Waals surface area contributed by atoms with E-state index in [1.165, 1.54) is 10.9 Å². The zero-order valence-electron chi connectivity index (χ0n) is 9.67. The molecule has 5 nitrogen and oxygen atoms in total. The number of carbonyl (C=O) groups is 1. The summed E-state index contributed by atoms with van der Waals surface area (Å²) < 4.78 is 23.5. The summed E-state index contributed by atoms with van der Waals surface area (Å²) >= 11 is 0. The minimum Gasteiger partial charge on any atom is -0.298 e. The summed E-state index contributed by atoms with van der Waals surface area (Å²) in [6.45, 7) is 4.17. The first kappa shape index (κ1) is 12.9. The molecule has 0 amide bonds. The maximum Gasteiger partial charge on any atom is 0.153 e. The molecular weight excluding hydrogens is 228 g/mol. The third kappa shape index (κ3) is 3.44. The Hall–Kier alpha value is -1.17. The lowest BCUT2D eigenvalue weighted by Gasteiger charge is -2.01. The molecule has 0 fully saturated rings. The summed E-state index contributed by atoms with van der Waals surface area (Å²) in [5.74, 6) is 0.185. The monoisotopic (exact) mass is 244 g/mol. The molecule has 90 valence electrons. The average Bonchev–Trinajstić information content (AvgIpc) is 2.56. The highest BCUT2D eigenvalue weighted by Gasteiger charge is 2.12. The van der Waals surface area contributed by atoms with Crippen molar-refractivity contribution in [2.75, 3.05) is 12.0 Å². The number of hydrogen-bond donors (Lipinski definition) is 0. The van der Waals surface area contributed by atoms with Gasteiger partial charge >= 0.3 is 0 Å². The van der Waals surface area contributed by atoms with Gasteiger partial charge in [-0.1, -0.05) is 13.8 Å². The van der Waals surface area contributed by atoms with E-state index in [0.717, 1.165) is 6.29 Å². The molecule has 0 radical (unpaired) electrons. The molecule has 0 aliphatic carbocycles. The minimum absolute atomic E-state index is 0.0323. The third-order valence-electron chi connectivity index (χ3n) is 2.19. The van der Waals surface area contributed by atoms with Crippen molar-refractivity contribution < 1.29 is 13.2 Å². The quantitative estimate of drug-likeness (QED) is 0.720. The van der Waals surface area contributed by atoms with Crippen LogP contribution >= 0.6 is 0 Å². The first-order chi connectivity index (χ1) is 7.33. The Morgan fingerprint density at radius 1 is 1.50 bits per heavy atom. The van der Waals surface area contributed by atoms with Crippen molar-refractivity contribution in [2.24, 2.45) is 0 Å². The summed E-state index contributed by atoms with van der Waals surface area (Å²) in [5, 5.41) is 4.20. The lowest BCUT2D eigenvalue weighted by Crippen LogP contribution is -2.11. The number of aromatic nitrogens is 2. The Kier molecular flexibility index (Phi) is 3.85. The molecule has 0 spiro atoms. The number of sulfone groups is 1. The standard InChI is InChI=1S/C10H16N2O3S/c1-8(2)10-9(7-13)6-12(11-10)4-5-16(3,14)15/h6-8H,4-5H2,1-3H3. The van der Waals surface area contributed by atoms with E-state index in [1.807, 2.05) is 13.8 Å². The van der Waals surface area contributed by atoms with E-state index in [-0.39, 0.29) is 18.2 Å². The second kappa shape index (κ2) is 4.78. The van der Waals surface area contributed by atoms with Gasteiger partial charge in [0.05, 0.1) is 23.6 Å². The van der Waals surface area contributed by atoms with Gasteiger partial charge in [0.2, 0.25) is 0 Å². The Morgan fingerprint density at radius 2 is 2.12 bits per heavy atom. The zero-order valence-corrected chi connectivity index (χ0v) is 10.5. The van der Waals surface area contributed by atoms with Crippen molar-refractivity contribution >= 4 is 16.1 Å². The second-order valence-electron chi connectivity index (χ2n) is 4.14. The van der Waals surface area contributed by atoms with Gasteiger partial charge in [0, 0.05) is 12.5 Å². The SMILES string of the molecule is CC(C)c1nn(CCS(C)(=O)=O)cc1C=O. The minimum atomic E-state index is -3.00. The predicted molar refractivity (Wildman–Crippen MR) is 61.4 cm³/mol. The lowest BCUT2D eigenvalue weighted by molar-refractivity contribution is 0.112. The Labute approximate surface area is 95.4 Å². The Balaban J connectivity index is 2.87. The van der Waals surface area contributed by atoms with Gasteiger partial charge in [-0.2, -0.15) is 5.10 Å². The fourth-order valence-corrected chi connectivity index (χ4v) is 1.88. The van der Waals surface area contributed by atoms with Gasteiger partial charge in [-0.05, 0) is 5.92 Å². The largest absolute Gasteiger partial charge is 0.298 e. The van der Waals surface area contributed by atoms with Crippen LogP contribution in [0.5, 0.6) is 0 Å². The van der Waals surface area contributed by atoms with Crippen LogP contribution in [0.1, 0.15) is 35.8 Å². The van der Waals surface area contributed by atoms with Crippen molar-refractivity contribution in [2.45, 2.75) is 26.3 Å². The van der Waals surface area contributed by atoms with Gasteiger partial charge in [-0.3, -0.25) is 9.48 Å². The number of rotatable bonds is 5. The second-order valence-corrected chi connectivity index (χ2v) is 6.39. The molecule has 0 aromatic carbocycles. The number of aryl methyl sites for hydroxylation is 1. The van der Waals surface area contributed by atoms with Crippen molar-refractivity contribution in [3.05, 3.63) is 17.5 Å². The summed E-state index contributed by atoms with van der Waals surface area (Å²) in [4.78, 5) is 10.8. The zero-order chi connectivity index (χ0) is 12.3. The molecule has 1 aromatic heterocycles. The highest BCUT2D eigenvalue weighted by molar-refractivity contribution is 7.90. The van der Waals surface area contributed by atoms with Crippen molar-refractivity contribution in [3.63, 3.8) is 0 Å². The van der Waals surface area contributed by atoms with E-state index in [1.54, 1.807) is 6.20 Å². The molecule has 0 aliphatic heterocycles. The first-order valence-electron chi connectivity index (χ1n) is 5.03. The van der Waals surface area contributed by atoms with E-state index in [0.29, 0.717) is 11.3 Å². The van der Waals surface area contributed by atoms with Crippen molar-refractivity contribution in [1.82, 2.24) is 9.78 Å². The van der Waals surface area contributed by atoms with Crippen LogP contribution in [-0.2, 0) is 16.4 Å². The van der Waals surface area contributed by atoms with Crippen LogP contribution in [0.2, 0.25) is 0 Å². The van der Waals surface area contributed by atoms with Gasteiger partial charge in [0.15, 0.2) is 6.29 Å². The molecule has 0 bridgehead atoms. The van der Waals surface area contributed by atoms with Crippen molar-refractivity contribution in [1.29, 1.82) is 0 Å². The molecule has 0 aliphatic rings. The van der Waals surface area contributed by atoms with Crippen LogP contribution in [0.4, 0.5) is 0 Å². The van der Waals surface area contributed by atoms with Gasteiger partial charge in [0.1, 0.15) is 9.84 Å². The van der Waals surface area contributed by atoms with E-state index in [9.17, 15) is 13.2 Å². The molecule has 0 atom stereocenters. The summed E-state index contributed by atoms with van der Waals surface area (Å²) in [7, 11) is -3.00. The summed E-state index contributed by atoms with van der Waals surface area (Å²) in [5.41, 5.74) is 1.24. The molecule has 0 saturated carbocycles. The summed E-state index contributed by atoms with van der Waals surface area (Å²) in [6, 6.07) is 0. The molecule has 1 heterocycles. The van der Waals surface area contributed by atoms with Gasteiger partial charge in [0.25, 0.3) is 0 Å².